The van der Waals surface area contributed by atoms with Crippen LogP contribution in [0.1, 0.15) is 60.6 Å². The Morgan fingerprint density at radius 3 is 2.88 bits per heavy atom. The van der Waals surface area contributed by atoms with E-state index in [0.717, 1.165) is 12.2 Å². The van der Waals surface area contributed by atoms with Crippen LogP contribution in [-0.4, -0.2) is 22.4 Å². The molecule has 0 amide bonds. The van der Waals surface area contributed by atoms with Crippen LogP contribution in [0.25, 0.3) is 0 Å². The molecule has 1 aliphatic carbocycles. The van der Waals surface area contributed by atoms with E-state index in [-0.39, 0.29) is 12.0 Å². The summed E-state index contributed by atoms with van der Waals surface area (Å²) in [4.78, 5) is 12.3. The van der Waals surface area contributed by atoms with Gasteiger partial charge in [0.05, 0.1) is 24.9 Å². The van der Waals surface area contributed by atoms with E-state index in [2.05, 4.69) is 34.7 Å². The third kappa shape index (κ3) is 2.48. The van der Waals surface area contributed by atoms with Gasteiger partial charge in [-0.05, 0) is 25.3 Å². The molecule has 0 saturated heterocycles. The minimum absolute atomic E-state index is 0.217. The second-order valence-corrected chi connectivity index (χ2v) is 6.62. The number of carbonyl (C=O) groups excluding carboxylic acids is 1. The molecule has 1 saturated carbocycles. The molecule has 0 bridgehead atoms. The second kappa shape index (κ2) is 6.30. The van der Waals surface area contributed by atoms with Crippen LogP contribution in [0, 0.1) is 5.92 Å². The largest absolute Gasteiger partial charge is 0.462 e. The number of esters is 1. The summed E-state index contributed by atoms with van der Waals surface area (Å²) >= 11 is 0. The molecule has 0 radical (unpaired) electrons. The maximum absolute atomic E-state index is 12.3. The molecule has 0 spiro atoms. The summed E-state index contributed by atoms with van der Waals surface area (Å²) in [7, 11) is 0. The minimum atomic E-state index is -0.299. The molecule has 1 aromatic carbocycles. The molecule has 2 aliphatic rings. The SMILES string of the molecule is CCOC(=O)c1cnn2c1NC(c1ccccc1)C1CCCCC12. The van der Waals surface area contributed by atoms with Crippen molar-refractivity contribution < 1.29 is 9.53 Å². The summed E-state index contributed by atoms with van der Waals surface area (Å²) in [6.45, 7) is 2.20. The molecule has 1 N–H and O–H groups in total. The van der Waals surface area contributed by atoms with Gasteiger partial charge in [0.25, 0.3) is 0 Å². The first-order valence-corrected chi connectivity index (χ1v) is 8.85. The van der Waals surface area contributed by atoms with Crippen LogP contribution >= 0.6 is 0 Å². The zero-order chi connectivity index (χ0) is 16.5. The fourth-order valence-corrected chi connectivity index (χ4v) is 4.19. The Labute approximate surface area is 142 Å². The van der Waals surface area contributed by atoms with Gasteiger partial charge in [0, 0.05) is 5.92 Å². The van der Waals surface area contributed by atoms with Gasteiger partial charge in [-0.15, -0.1) is 0 Å². The number of ether oxygens (including phenoxy) is 1. The Hall–Kier alpha value is -2.30. The lowest BCUT2D eigenvalue weighted by Crippen LogP contribution is -2.38. The van der Waals surface area contributed by atoms with Crippen LogP contribution in [0.2, 0.25) is 0 Å². The molecule has 1 aromatic heterocycles. The third-order valence-electron chi connectivity index (χ3n) is 5.27. The van der Waals surface area contributed by atoms with Crippen LogP contribution in [0.4, 0.5) is 5.82 Å². The van der Waals surface area contributed by atoms with Crippen molar-refractivity contribution in [3.05, 3.63) is 47.7 Å². The molecule has 1 aliphatic heterocycles. The Morgan fingerprint density at radius 1 is 1.29 bits per heavy atom. The molecule has 5 nitrogen and oxygen atoms in total. The smallest absolute Gasteiger partial charge is 0.343 e. The summed E-state index contributed by atoms with van der Waals surface area (Å²) < 4.78 is 7.22. The average Bonchev–Trinajstić information content (AvgIpc) is 3.06. The molecule has 2 aromatic rings. The Bertz CT molecular complexity index is 725. The van der Waals surface area contributed by atoms with Gasteiger partial charge in [0.2, 0.25) is 0 Å². The van der Waals surface area contributed by atoms with Gasteiger partial charge >= 0.3 is 5.97 Å². The molecular formula is C19H23N3O2. The quantitative estimate of drug-likeness (QED) is 0.868. The van der Waals surface area contributed by atoms with E-state index in [9.17, 15) is 4.79 Å². The van der Waals surface area contributed by atoms with E-state index < -0.39 is 0 Å². The number of aromatic nitrogens is 2. The first-order chi connectivity index (χ1) is 11.8. The van der Waals surface area contributed by atoms with E-state index >= 15 is 0 Å². The third-order valence-corrected chi connectivity index (χ3v) is 5.27. The van der Waals surface area contributed by atoms with E-state index in [1.165, 1.54) is 24.8 Å². The van der Waals surface area contributed by atoms with E-state index in [0.29, 0.717) is 24.1 Å². The number of benzene rings is 1. The van der Waals surface area contributed by atoms with Crippen molar-refractivity contribution in [1.82, 2.24) is 9.78 Å². The lowest BCUT2D eigenvalue weighted by atomic mass is 9.76. The van der Waals surface area contributed by atoms with E-state index in [4.69, 9.17) is 4.74 Å². The number of hydrogen-bond donors (Lipinski definition) is 1. The van der Waals surface area contributed by atoms with Crippen molar-refractivity contribution in [2.45, 2.75) is 44.7 Å². The van der Waals surface area contributed by atoms with Crippen LogP contribution in [0.5, 0.6) is 0 Å². The monoisotopic (exact) mass is 325 g/mol. The maximum Gasteiger partial charge on any atom is 0.343 e. The fourth-order valence-electron chi connectivity index (χ4n) is 4.19. The molecule has 24 heavy (non-hydrogen) atoms. The van der Waals surface area contributed by atoms with E-state index in [1.807, 2.05) is 17.7 Å². The first-order valence-electron chi connectivity index (χ1n) is 8.85. The predicted octanol–water partition coefficient (Wildman–Crippen LogP) is 3.96. The van der Waals surface area contributed by atoms with Gasteiger partial charge < -0.3 is 10.1 Å². The van der Waals surface area contributed by atoms with Crippen LogP contribution in [0.15, 0.2) is 36.5 Å². The summed E-state index contributed by atoms with van der Waals surface area (Å²) in [5, 5.41) is 8.13. The van der Waals surface area contributed by atoms with Crippen molar-refractivity contribution in [2.75, 3.05) is 11.9 Å². The van der Waals surface area contributed by atoms with Gasteiger partial charge in [0.15, 0.2) is 0 Å². The van der Waals surface area contributed by atoms with Crippen molar-refractivity contribution >= 4 is 11.8 Å². The normalized spacial score (nSPS) is 25.3. The molecule has 3 unspecified atom stereocenters. The number of carbonyl (C=O) groups is 1. The molecule has 126 valence electrons. The summed E-state index contributed by atoms with van der Waals surface area (Å²) in [5.41, 5.74) is 1.82. The topological polar surface area (TPSA) is 56.1 Å². The number of hydrogen-bond acceptors (Lipinski definition) is 4. The van der Waals surface area contributed by atoms with Crippen LogP contribution < -0.4 is 5.32 Å². The molecule has 3 atom stereocenters. The zero-order valence-electron chi connectivity index (χ0n) is 13.9. The van der Waals surface area contributed by atoms with Gasteiger partial charge in [-0.25, -0.2) is 9.48 Å². The molecular weight excluding hydrogens is 302 g/mol. The molecule has 1 fully saturated rings. The van der Waals surface area contributed by atoms with Gasteiger partial charge in [-0.3, -0.25) is 0 Å². The van der Waals surface area contributed by atoms with Crippen molar-refractivity contribution in [3.63, 3.8) is 0 Å². The summed E-state index contributed by atoms with van der Waals surface area (Å²) in [5.74, 6) is 1.02. The maximum atomic E-state index is 12.3. The minimum Gasteiger partial charge on any atom is -0.462 e. The lowest BCUT2D eigenvalue weighted by Gasteiger charge is -2.43. The molecule has 5 heteroatoms. The van der Waals surface area contributed by atoms with Gasteiger partial charge in [-0.1, -0.05) is 43.2 Å². The summed E-state index contributed by atoms with van der Waals surface area (Å²) in [6, 6.07) is 11.1. The number of nitrogens with zero attached hydrogens (tertiary/aromatic N) is 2. The highest BCUT2D eigenvalue weighted by molar-refractivity contribution is 5.94. The Balaban J connectivity index is 1.75. The fraction of sp³-hybridized carbons (Fsp3) is 0.474. The van der Waals surface area contributed by atoms with Crippen LogP contribution in [-0.2, 0) is 4.74 Å². The first kappa shape index (κ1) is 15.2. The van der Waals surface area contributed by atoms with Gasteiger partial charge in [-0.2, -0.15) is 5.10 Å². The number of rotatable bonds is 3. The highest BCUT2D eigenvalue weighted by Crippen LogP contribution is 2.47. The van der Waals surface area contributed by atoms with Gasteiger partial charge in [0.1, 0.15) is 11.4 Å². The highest BCUT2D eigenvalue weighted by atomic mass is 16.5. The lowest BCUT2D eigenvalue weighted by molar-refractivity contribution is 0.0526. The predicted molar refractivity (Wildman–Crippen MR) is 92.0 cm³/mol. The number of nitrogens with one attached hydrogen (secondary N) is 1. The van der Waals surface area contributed by atoms with Crippen molar-refractivity contribution in [1.29, 1.82) is 0 Å². The molecule has 4 rings (SSSR count). The van der Waals surface area contributed by atoms with E-state index in [1.54, 1.807) is 6.20 Å². The Morgan fingerprint density at radius 2 is 2.08 bits per heavy atom. The Kier molecular flexibility index (Phi) is 4.00. The standard InChI is InChI=1S/C19H23N3O2/c1-2-24-19(23)15-12-20-22-16-11-7-6-10-14(16)17(21-18(15)22)13-8-4-3-5-9-13/h3-5,8-9,12,14,16-17,21H,2,6-7,10-11H2,1H3. The molecule has 2 heterocycles. The second-order valence-electron chi connectivity index (χ2n) is 6.62. The van der Waals surface area contributed by atoms with Crippen molar-refractivity contribution in [3.8, 4) is 0 Å². The number of anilines is 1. The van der Waals surface area contributed by atoms with Crippen molar-refractivity contribution in [2.24, 2.45) is 5.92 Å². The summed E-state index contributed by atoms with van der Waals surface area (Å²) in [6.07, 6.45) is 6.43. The zero-order valence-corrected chi connectivity index (χ0v) is 13.9. The highest BCUT2D eigenvalue weighted by Gasteiger charge is 2.41. The van der Waals surface area contributed by atoms with Crippen LogP contribution in [0.3, 0.4) is 0 Å². The number of fused-ring (bicyclic) bond motifs is 3. The average molecular weight is 325 g/mol.